The van der Waals surface area contributed by atoms with Crippen molar-refractivity contribution in [1.82, 2.24) is 5.32 Å². The maximum Gasteiger partial charge on any atom is 0.222 e. The fourth-order valence-electron chi connectivity index (χ4n) is 3.36. The maximum atomic E-state index is 12.0. The normalized spacial score (nSPS) is 27.9. The van der Waals surface area contributed by atoms with E-state index in [4.69, 9.17) is 15.2 Å². The highest BCUT2D eigenvalue weighted by Crippen LogP contribution is 2.57. The lowest BCUT2D eigenvalue weighted by molar-refractivity contribution is -0.176. The zero-order chi connectivity index (χ0) is 13.9. The van der Waals surface area contributed by atoms with E-state index in [1.54, 1.807) is 7.11 Å². The third kappa shape index (κ3) is 3.27. The molecule has 20 heavy (non-hydrogen) atoms. The molecule has 2 aliphatic carbocycles. The molecule has 0 aromatic rings. The van der Waals surface area contributed by atoms with E-state index in [1.165, 1.54) is 19.3 Å². The molecule has 1 amide bonds. The summed E-state index contributed by atoms with van der Waals surface area (Å²) in [5, 5.41) is 3.14. The molecule has 118 valence electrons. The molecule has 3 atom stereocenters. The monoisotopic (exact) mass is 306 g/mol. The Labute approximate surface area is 127 Å². The van der Waals surface area contributed by atoms with Gasteiger partial charge >= 0.3 is 0 Å². The Hall–Kier alpha value is -0.360. The van der Waals surface area contributed by atoms with E-state index in [-0.39, 0.29) is 35.9 Å². The number of halogens is 1. The molecule has 2 saturated carbocycles. The van der Waals surface area contributed by atoms with Crippen molar-refractivity contribution in [2.24, 2.45) is 11.1 Å². The largest absolute Gasteiger partial charge is 0.380 e. The average Bonchev–Trinajstić information content (AvgIpc) is 2.32. The molecule has 0 bridgehead atoms. The second-order valence-electron chi connectivity index (χ2n) is 5.68. The van der Waals surface area contributed by atoms with Gasteiger partial charge in [-0.1, -0.05) is 6.42 Å². The van der Waals surface area contributed by atoms with Crippen molar-refractivity contribution >= 4 is 18.3 Å². The molecular formula is C14H27ClN2O3. The van der Waals surface area contributed by atoms with Crippen molar-refractivity contribution in [2.75, 3.05) is 20.3 Å². The van der Waals surface area contributed by atoms with Gasteiger partial charge in [0.25, 0.3) is 0 Å². The SMILES string of the molecule is CCOC1CC(NC(=O)CC(CN)OC)C12CCC2.Cl. The Kier molecular flexibility index (Phi) is 6.72. The molecule has 0 aliphatic heterocycles. The van der Waals surface area contributed by atoms with E-state index in [1.807, 2.05) is 6.92 Å². The number of amides is 1. The number of methoxy groups -OCH3 is 1. The number of carbonyl (C=O) groups is 1. The molecule has 0 aromatic heterocycles. The van der Waals surface area contributed by atoms with Gasteiger partial charge in [0.1, 0.15) is 0 Å². The molecule has 0 aromatic carbocycles. The standard InChI is InChI=1S/C14H26N2O3.ClH/c1-3-19-12-8-11(14(12)5-4-6-14)16-13(17)7-10(9-15)18-2;/h10-12H,3-9,15H2,1-2H3,(H,16,17);1H. The van der Waals surface area contributed by atoms with Gasteiger partial charge in [-0.3, -0.25) is 4.79 Å². The van der Waals surface area contributed by atoms with Crippen molar-refractivity contribution in [3.8, 4) is 0 Å². The molecule has 0 saturated heterocycles. The number of rotatable bonds is 7. The summed E-state index contributed by atoms with van der Waals surface area (Å²) in [7, 11) is 1.59. The number of hydrogen-bond acceptors (Lipinski definition) is 4. The number of carbonyl (C=O) groups excluding carboxylic acids is 1. The fourth-order valence-corrected chi connectivity index (χ4v) is 3.36. The van der Waals surface area contributed by atoms with Crippen LogP contribution in [0.3, 0.4) is 0 Å². The Morgan fingerprint density at radius 2 is 2.20 bits per heavy atom. The van der Waals surface area contributed by atoms with Crippen molar-refractivity contribution in [2.45, 2.75) is 57.3 Å². The summed E-state index contributed by atoms with van der Waals surface area (Å²) >= 11 is 0. The van der Waals surface area contributed by atoms with Crippen LogP contribution >= 0.6 is 12.4 Å². The van der Waals surface area contributed by atoms with E-state index in [0.29, 0.717) is 19.1 Å². The van der Waals surface area contributed by atoms with Crippen molar-refractivity contribution in [3.63, 3.8) is 0 Å². The first-order valence-electron chi connectivity index (χ1n) is 7.30. The molecular weight excluding hydrogens is 280 g/mol. The second kappa shape index (κ2) is 7.59. The summed E-state index contributed by atoms with van der Waals surface area (Å²) in [6.45, 7) is 3.16. The number of nitrogens with two attached hydrogens (primary N) is 1. The van der Waals surface area contributed by atoms with E-state index in [9.17, 15) is 4.79 Å². The zero-order valence-electron chi connectivity index (χ0n) is 12.4. The number of nitrogens with one attached hydrogen (secondary N) is 1. The lowest BCUT2D eigenvalue weighted by atomic mass is 9.51. The molecule has 2 aliphatic rings. The number of ether oxygens (including phenoxy) is 2. The first-order valence-corrected chi connectivity index (χ1v) is 7.30. The highest BCUT2D eigenvalue weighted by Gasteiger charge is 2.59. The van der Waals surface area contributed by atoms with Crippen molar-refractivity contribution in [1.29, 1.82) is 0 Å². The maximum absolute atomic E-state index is 12.0. The van der Waals surface area contributed by atoms with Crippen LogP contribution in [-0.2, 0) is 14.3 Å². The van der Waals surface area contributed by atoms with Crippen LogP contribution in [0.15, 0.2) is 0 Å². The van der Waals surface area contributed by atoms with E-state index in [2.05, 4.69) is 5.32 Å². The van der Waals surface area contributed by atoms with Crippen LogP contribution in [0.1, 0.15) is 39.0 Å². The van der Waals surface area contributed by atoms with Gasteiger partial charge in [0.05, 0.1) is 18.6 Å². The van der Waals surface area contributed by atoms with E-state index < -0.39 is 0 Å². The molecule has 0 heterocycles. The fraction of sp³-hybridized carbons (Fsp3) is 0.929. The summed E-state index contributed by atoms with van der Waals surface area (Å²) in [6, 6.07) is 0.278. The van der Waals surface area contributed by atoms with Crippen LogP contribution in [-0.4, -0.2) is 44.4 Å². The summed E-state index contributed by atoms with van der Waals surface area (Å²) in [6.07, 6.45) is 5.04. The second-order valence-corrected chi connectivity index (χ2v) is 5.68. The topological polar surface area (TPSA) is 73.6 Å². The highest BCUT2D eigenvalue weighted by atomic mass is 35.5. The zero-order valence-corrected chi connectivity index (χ0v) is 13.2. The average molecular weight is 307 g/mol. The first kappa shape index (κ1) is 17.7. The van der Waals surface area contributed by atoms with Crippen LogP contribution < -0.4 is 11.1 Å². The molecule has 2 fully saturated rings. The highest BCUT2D eigenvalue weighted by molar-refractivity contribution is 5.85. The van der Waals surface area contributed by atoms with E-state index >= 15 is 0 Å². The third-order valence-corrected chi connectivity index (χ3v) is 4.78. The van der Waals surface area contributed by atoms with Crippen LogP contribution in [0.2, 0.25) is 0 Å². The summed E-state index contributed by atoms with van der Waals surface area (Å²) in [5.41, 5.74) is 5.76. The first-order chi connectivity index (χ1) is 9.16. The Morgan fingerprint density at radius 3 is 2.65 bits per heavy atom. The quantitative estimate of drug-likeness (QED) is 0.742. The Balaban J connectivity index is 0.00000200. The van der Waals surface area contributed by atoms with Gasteiger partial charge in [0.15, 0.2) is 0 Å². The Morgan fingerprint density at radius 1 is 1.50 bits per heavy atom. The van der Waals surface area contributed by atoms with Crippen LogP contribution in [0.5, 0.6) is 0 Å². The predicted octanol–water partition coefficient (Wildman–Crippen LogP) is 1.24. The predicted molar refractivity (Wildman–Crippen MR) is 80.0 cm³/mol. The lowest BCUT2D eigenvalue weighted by Crippen LogP contribution is -2.67. The van der Waals surface area contributed by atoms with Gasteiger partial charge in [0, 0.05) is 31.7 Å². The van der Waals surface area contributed by atoms with E-state index in [0.717, 1.165) is 13.0 Å². The van der Waals surface area contributed by atoms with Gasteiger partial charge in [-0.2, -0.15) is 0 Å². The van der Waals surface area contributed by atoms with Gasteiger partial charge in [-0.15, -0.1) is 12.4 Å². The molecule has 0 radical (unpaired) electrons. The van der Waals surface area contributed by atoms with Gasteiger partial charge in [-0.05, 0) is 26.2 Å². The molecule has 3 N–H and O–H groups in total. The van der Waals surface area contributed by atoms with Gasteiger partial charge in [-0.25, -0.2) is 0 Å². The van der Waals surface area contributed by atoms with Crippen molar-refractivity contribution in [3.05, 3.63) is 0 Å². The number of hydrogen-bond donors (Lipinski definition) is 2. The molecule has 2 rings (SSSR count). The summed E-state index contributed by atoms with van der Waals surface area (Å²) < 4.78 is 10.9. The minimum absolute atomic E-state index is 0. The third-order valence-electron chi connectivity index (χ3n) is 4.78. The van der Waals surface area contributed by atoms with Gasteiger partial charge < -0.3 is 20.5 Å². The minimum atomic E-state index is -0.180. The van der Waals surface area contributed by atoms with Gasteiger partial charge in [0.2, 0.25) is 5.91 Å². The summed E-state index contributed by atoms with van der Waals surface area (Å²) in [4.78, 5) is 12.0. The molecule has 6 heteroatoms. The smallest absolute Gasteiger partial charge is 0.222 e. The molecule has 3 unspecified atom stereocenters. The Bertz CT molecular complexity index is 320. The van der Waals surface area contributed by atoms with Crippen LogP contribution in [0.4, 0.5) is 0 Å². The lowest BCUT2D eigenvalue weighted by Gasteiger charge is -2.61. The van der Waals surface area contributed by atoms with Crippen LogP contribution in [0, 0.1) is 5.41 Å². The van der Waals surface area contributed by atoms with Crippen LogP contribution in [0.25, 0.3) is 0 Å². The molecule has 1 spiro atoms. The minimum Gasteiger partial charge on any atom is -0.380 e. The van der Waals surface area contributed by atoms with Crippen molar-refractivity contribution < 1.29 is 14.3 Å². The molecule has 5 nitrogen and oxygen atoms in total. The summed E-state index contributed by atoms with van der Waals surface area (Å²) in [5.74, 6) is 0.0449.